The highest BCUT2D eigenvalue weighted by molar-refractivity contribution is 7.15. The number of aldehydes is 1. The van der Waals surface area contributed by atoms with E-state index in [9.17, 15) is 9.59 Å². The molecular weight excluding hydrogens is 328 g/mol. The average molecular weight is 344 g/mol. The van der Waals surface area contributed by atoms with Gasteiger partial charge < -0.3 is 9.30 Å². The van der Waals surface area contributed by atoms with Crippen molar-refractivity contribution in [3.63, 3.8) is 0 Å². The van der Waals surface area contributed by atoms with E-state index in [1.54, 1.807) is 10.8 Å². The van der Waals surface area contributed by atoms with Crippen molar-refractivity contribution in [3.8, 4) is 5.75 Å². The van der Waals surface area contributed by atoms with E-state index >= 15 is 0 Å². The van der Waals surface area contributed by atoms with Crippen LogP contribution in [0.5, 0.6) is 5.75 Å². The first-order valence-corrected chi connectivity index (χ1v) is 8.23. The lowest BCUT2D eigenvalue weighted by Gasteiger charge is -2.06. The van der Waals surface area contributed by atoms with Crippen molar-refractivity contribution < 1.29 is 14.3 Å². The molecule has 0 aliphatic heterocycles. The van der Waals surface area contributed by atoms with Crippen LogP contribution < -0.4 is 10.1 Å². The van der Waals surface area contributed by atoms with Gasteiger partial charge in [-0.15, -0.1) is 10.2 Å². The van der Waals surface area contributed by atoms with Crippen LogP contribution in [-0.4, -0.2) is 33.6 Å². The summed E-state index contributed by atoms with van der Waals surface area (Å²) in [5, 5.41) is 12.4. The first-order valence-electron chi connectivity index (χ1n) is 7.41. The lowest BCUT2D eigenvalue weighted by molar-refractivity contribution is -0.116. The van der Waals surface area contributed by atoms with Crippen LogP contribution in [0.2, 0.25) is 0 Å². The van der Waals surface area contributed by atoms with E-state index in [-0.39, 0.29) is 12.5 Å². The lowest BCUT2D eigenvalue weighted by atomic mass is 10.2. The zero-order chi connectivity index (χ0) is 17.1. The Morgan fingerprint density at radius 1 is 1.42 bits per heavy atom. The summed E-state index contributed by atoms with van der Waals surface area (Å²) >= 11 is 1.31. The minimum absolute atomic E-state index is 0.0803. The first kappa shape index (κ1) is 16.1. The Labute approximate surface area is 142 Å². The van der Waals surface area contributed by atoms with E-state index in [0.717, 1.165) is 22.2 Å². The number of anilines is 1. The van der Waals surface area contributed by atoms with Crippen LogP contribution in [0.4, 0.5) is 5.13 Å². The van der Waals surface area contributed by atoms with Crippen LogP contribution in [0.25, 0.3) is 10.9 Å². The predicted octanol–water partition coefficient (Wildman–Crippen LogP) is 2.65. The maximum absolute atomic E-state index is 12.2. The van der Waals surface area contributed by atoms with Crippen LogP contribution in [0.3, 0.4) is 0 Å². The van der Waals surface area contributed by atoms with Crippen LogP contribution in [-0.2, 0) is 11.3 Å². The third-order valence-electron chi connectivity index (χ3n) is 3.41. The maximum Gasteiger partial charge on any atom is 0.246 e. The molecule has 0 spiro atoms. The van der Waals surface area contributed by atoms with Crippen LogP contribution in [0.15, 0.2) is 24.4 Å². The number of hydrogen-bond donors (Lipinski definition) is 1. The zero-order valence-electron chi connectivity index (χ0n) is 13.3. The highest BCUT2D eigenvalue weighted by atomic mass is 32.1. The molecule has 0 fully saturated rings. The highest BCUT2D eigenvalue weighted by Gasteiger charge is 2.13. The molecule has 0 unspecified atom stereocenters. The van der Waals surface area contributed by atoms with E-state index in [0.29, 0.717) is 23.1 Å². The van der Waals surface area contributed by atoms with Gasteiger partial charge in [0.25, 0.3) is 0 Å². The number of aryl methyl sites for hydroxylation is 1. The molecule has 0 atom stereocenters. The third kappa shape index (κ3) is 3.28. The van der Waals surface area contributed by atoms with Gasteiger partial charge in [0.05, 0.1) is 6.61 Å². The molecule has 3 rings (SSSR count). The van der Waals surface area contributed by atoms with E-state index < -0.39 is 0 Å². The SMILES string of the molecule is CCOc1ccc2c(c1)c(C=O)cn2CC(=O)Nc1nnc(C)s1. The van der Waals surface area contributed by atoms with Crippen molar-refractivity contribution >= 4 is 39.6 Å². The molecule has 0 bridgehead atoms. The monoisotopic (exact) mass is 344 g/mol. The molecule has 8 heteroatoms. The van der Waals surface area contributed by atoms with E-state index in [2.05, 4.69) is 15.5 Å². The van der Waals surface area contributed by atoms with Gasteiger partial charge in [0, 0.05) is 22.7 Å². The van der Waals surface area contributed by atoms with Gasteiger partial charge >= 0.3 is 0 Å². The predicted molar refractivity (Wildman–Crippen MR) is 91.8 cm³/mol. The minimum atomic E-state index is -0.227. The Bertz CT molecular complexity index is 900. The molecule has 2 heterocycles. The summed E-state index contributed by atoms with van der Waals surface area (Å²) in [6.07, 6.45) is 2.44. The number of fused-ring (bicyclic) bond motifs is 1. The minimum Gasteiger partial charge on any atom is -0.494 e. The molecule has 7 nitrogen and oxygen atoms in total. The molecule has 3 aromatic rings. The number of aromatic nitrogens is 3. The van der Waals surface area contributed by atoms with Gasteiger partial charge in [-0.1, -0.05) is 11.3 Å². The summed E-state index contributed by atoms with van der Waals surface area (Å²) in [6, 6.07) is 5.48. The van der Waals surface area contributed by atoms with Gasteiger partial charge in [-0.3, -0.25) is 14.9 Å². The van der Waals surface area contributed by atoms with Gasteiger partial charge in [0.15, 0.2) is 6.29 Å². The number of hydrogen-bond acceptors (Lipinski definition) is 6. The Balaban J connectivity index is 1.86. The summed E-state index contributed by atoms with van der Waals surface area (Å²) < 4.78 is 7.20. The smallest absolute Gasteiger partial charge is 0.246 e. The molecule has 2 aromatic heterocycles. The Kier molecular flexibility index (Phi) is 4.57. The standard InChI is InChI=1S/C16H16N4O3S/c1-3-23-12-4-5-14-13(6-12)11(9-21)7-20(14)8-15(22)17-16-19-18-10(2)24-16/h4-7,9H,3,8H2,1-2H3,(H,17,19,22). The van der Waals surface area contributed by atoms with E-state index in [1.165, 1.54) is 11.3 Å². The van der Waals surface area contributed by atoms with Crippen molar-refractivity contribution in [2.45, 2.75) is 20.4 Å². The third-order valence-corrected chi connectivity index (χ3v) is 4.16. The molecule has 1 amide bonds. The molecule has 0 aliphatic rings. The summed E-state index contributed by atoms with van der Waals surface area (Å²) in [5.41, 5.74) is 1.32. The molecule has 24 heavy (non-hydrogen) atoms. The van der Waals surface area contributed by atoms with Gasteiger partial charge in [-0.2, -0.15) is 0 Å². The second-order valence-electron chi connectivity index (χ2n) is 5.12. The fourth-order valence-electron chi connectivity index (χ4n) is 2.45. The number of carbonyl (C=O) groups is 2. The number of nitrogens with zero attached hydrogens (tertiary/aromatic N) is 3. The van der Waals surface area contributed by atoms with Gasteiger partial charge in [-0.25, -0.2) is 0 Å². The Morgan fingerprint density at radius 2 is 2.25 bits per heavy atom. The lowest BCUT2D eigenvalue weighted by Crippen LogP contribution is -2.18. The normalized spacial score (nSPS) is 10.8. The first-order chi connectivity index (χ1) is 11.6. The van der Waals surface area contributed by atoms with Crippen LogP contribution in [0.1, 0.15) is 22.3 Å². The molecule has 0 radical (unpaired) electrons. The topological polar surface area (TPSA) is 86.1 Å². The fraction of sp³-hybridized carbons (Fsp3) is 0.250. The summed E-state index contributed by atoms with van der Waals surface area (Å²) in [4.78, 5) is 23.5. The summed E-state index contributed by atoms with van der Waals surface area (Å²) in [5.74, 6) is 0.467. The zero-order valence-corrected chi connectivity index (χ0v) is 14.1. The largest absolute Gasteiger partial charge is 0.494 e. The van der Waals surface area contributed by atoms with Crippen molar-refractivity contribution in [1.29, 1.82) is 0 Å². The van der Waals surface area contributed by atoms with Gasteiger partial charge in [0.1, 0.15) is 17.3 Å². The number of rotatable bonds is 6. The summed E-state index contributed by atoms with van der Waals surface area (Å²) in [7, 11) is 0. The average Bonchev–Trinajstić information content (AvgIpc) is 3.11. The van der Waals surface area contributed by atoms with Crippen LogP contribution in [0, 0.1) is 6.92 Å². The van der Waals surface area contributed by atoms with E-state index in [1.807, 2.05) is 32.0 Å². The Hall–Kier alpha value is -2.74. The number of nitrogens with one attached hydrogen (secondary N) is 1. The molecule has 0 saturated heterocycles. The molecule has 0 saturated carbocycles. The fourth-order valence-corrected chi connectivity index (χ4v) is 3.05. The second-order valence-corrected chi connectivity index (χ2v) is 6.30. The van der Waals surface area contributed by atoms with Crippen molar-refractivity contribution in [2.24, 2.45) is 0 Å². The second kappa shape index (κ2) is 6.79. The van der Waals surface area contributed by atoms with Crippen molar-refractivity contribution in [3.05, 3.63) is 35.0 Å². The Morgan fingerprint density at radius 3 is 2.92 bits per heavy atom. The molecular formula is C16H16N4O3S. The number of benzene rings is 1. The highest BCUT2D eigenvalue weighted by Crippen LogP contribution is 2.25. The van der Waals surface area contributed by atoms with Crippen LogP contribution >= 0.6 is 11.3 Å². The van der Waals surface area contributed by atoms with Crippen molar-refractivity contribution in [1.82, 2.24) is 14.8 Å². The van der Waals surface area contributed by atoms with Gasteiger partial charge in [-0.05, 0) is 32.0 Å². The molecule has 1 N–H and O–H groups in total. The number of carbonyl (C=O) groups excluding carboxylic acids is 2. The summed E-state index contributed by atoms with van der Waals surface area (Å²) in [6.45, 7) is 4.35. The molecule has 124 valence electrons. The number of ether oxygens (including phenoxy) is 1. The van der Waals surface area contributed by atoms with Gasteiger partial charge in [0.2, 0.25) is 11.0 Å². The van der Waals surface area contributed by atoms with Crippen molar-refractivity contribution in [2.75, 3.05) is 11.9 Å². The quantitative estimate of drug-likeness (QED) is 0.695. The molecule has 1 aromatic carbocycles. The maximum atomic E-state index is 12.2. The van der Waals surface area contributed by atoms with E-state index in [4.69, 9.17) is 4.74 Å². The molecule has 0 aliphatic carbocycles. The number of amides is 1.